The Labute approximate surface area is 173 Å². The quantitative estimate of drug-likeness (QED) is 0.624. The summed E-state index contributed by atoms with van der Waals surface area (Å²) in [5.74, 6) is -0.0997. The van der Waals surface area contributed by atoms with Crippen LogP contribution in [0.2, 0.25) is 0 Å². The summed E-state index contributed by atoms with van der Waals surface area (Å²) in [5, 5.41) is 7.10. The molecule has 7 heteroatoms. The lowest BCUT2D eigenvalue weighted by molar-refractivity contribution is -0.122. The molecule has 0 aliphatic carbocycles. The smallest absolute Gasteiger partial charge is 0.271 e. The van der Waals surface area contributed by atoms with Crippen LogP contribution in [0.15, 0.2) is 64.3 Å². The number of nitrogens with zero attached hydrogens (tertiary/aromatic N) is 2. The van der Waals surface area contributed by atoms with Crippen LogP contribution in [-0.2, 0) is 4.79 Å². The van der Waals surface area contributed by atoms with Crippen molar-refractivity contribution in [2.45, 2.75) is 31.8 Å². The zero-order valence-corrected chi connectivity index (χ0v) is 17.6. The summed E-state index contributed by atoms with van der Waals surface area (Å²) in [6.07, 6.45) is 1.19. The number of amides is 1. The number of carbonyl (C=O) groups is 1. The summed E-state index contributed by atoms with van der Waals surface area (Å²) in [6.45, 7) is 5.62. The van der Waals surface area contributed by atoms with Gasteiger partial charge in [0.15, 0.2) is 6.10 Å². The fraction of sp³-hybridized carbons (Fsp3) is 0.227. The van der Waals surface area contributed by atoms with Crippen LogP contribution in [0, 0.1) is 13.8 Å². The summed E-state index contributed by atoms with van der Waals surface area (Å²) < 4.78 is 6.96. The van der Waals surface area contributed by atoms with Crippen molar-refractivity contribution in [3.05, 3.63) is 76.1 Å². The predicted octanol–water partition coefficient (Wildman–Crippen LogP) is 3.98. The van der Waals surface area contributed by atoms with E-state index in [1.807, 2.05) is 62.6 Å². The molecule has 150 valence electrons. The van der Waals surface area contributed by atoms with Crippen molar-refractivity contribution < 1.29 is 9.53 Å². The Balaban J connectivity index is 1.76. The third-order valence-corrected chi connectivity index (χ3v) is 5.24. The molecule has 29 heavy (non-hydrogen) atoms. The predicted molar refractivity (Wildman–Crippen MR) is 116 cm³/mol. The minimum atomic E-state index is -0.786. The van der Waals surface area contributed by atoms with E-state index in [-0.39, 0.29) is 17.3 Å². The van der Waals surface area contributed by atoms with Crippen LogP contribution in [-0.4, -0.2) is 28.0 Å². The van der Waals surface area contributed by atoms with Crippen LogP contribution in [0.3, 0.4) is 0 Å². The Morgan fingerprint density at radius 3 is 2.62 bits per heavy atom. The van der Waals surface area contributed by atoms with Gasteiger partial charge in [0.05, 0.1) is 5.69 Å². The fourth-order valence-corrected chi connectivity index (χ4v) is 3.14. The van der Waals surface area contributed by atoms with E-state index >= 15 is 0 Å². The Morgan fingerprint density at radius 1 is 1.10 bits per heavy atom. The third kappa shape index (κ3) is 5.06. The second kappa shape index (κ2) is 8.96. The van der Waals surface area contributed by atoms with Crippen molar-refractivity contribution in [1.29, 1.82) is 0 Å². The number of benzene rings is 2. The molecule has 0 bridgehead atoms. The number of nitrogens with one attached hydrogen (secondary N) is 1. The average Bonchev–Trinajstić information content (AvgIpc) is 2.71. The van der Waals surface area contributed by atoms with E-state index < -0.39 is 6.10 Å². The number of aryl methyl sites for hydroxylation is 2. The molecule has 0 radical (unpaired) electrons. The molecule has 0 fully saturated rings. The molecule has 1 heterocycles. The molecule has 1 unspecified atom stereocenters. The number of thioether (sulfide) groups is 1. The standard InChI is InChI=1S/C22H23N3O3S/c1-14-8-9-18(12-15(14)2)25-21(26)11-10-20(24-25)28-16(3)22(27)23-17-6-5-7-19(13-17)29-4/h5-13,16H,1-4H3,(H,23,27). The molecule has 0 aliphatic rings. The Bertz CT molecular complexity index is 1090. The van der Waals surface area contributed by atoms with Crippen LogP contribution in [0.5, 0.6) is 5.88 Å². The highest BCUT2D eigenvalue weighted by Crippen LogP contribution is 2.19. The fourth-order valence-electron chi connectivity index (χ4n) is 2.68. The summed E-state index contributed by atoms with van der Waals surface area (Å²) >= 11 is 1.60. The van der Waals surface area contributed by atoms with Gasteiger partial charge < -0.3 is 10.1 Å². The number of hydrogen-bond donors (Lipinski definition) is 1. The number of hydrogen-bond acceptors (Lipinski definition) is 5. The van der Waals surface area contributed by atoms with Crippen molar-refractivity contribution in [3.8, 4) is 11.6 Å². The van der Waals surface area contributed by atoms with E-state index in [2.05, 4.69) is 10.4 Å². The van der Waals surface area contributed by atoms with Gasteiger partial charge in [-0.2, -0.15) is 4.68 Å². The summed E-state index contributed by atoms with van der Waals surface area (Å²) in [7, 11) is 0. The molecule has 1 N–H and O–H groups in total. The van der Waals surface area contributed by atoms with Crippen molar-refractivity contribution >= 4 is 23.4 Å². The monoisotopic (exact) mass is 409 g/mol. The molecule has 2 aromatic carbocycles. The second-order valence-corrected chi connectivity index (χ2v) is 7.55. The normalized spacial score (nSPS) is 11.7. The Hall–Kier alpha value is -3.06. The minimum absolute atomic E-state index is 0.198. The first kappa shape index (κ1) is 20.7. The zero-order chi connectivity index (χ0) is 21.0. The van der Waals surface area contributed by atoms with Crippen LogP contribution in [0.4, 0.5) is 5.69 Å². The van der Waals surface area contributed by atoms with Gasteiger partial charge in [-0.25, -0.2) is 0 Å². The highest BCUT2D eigenvalue weighted by atomic mass is 32.2. The van der Waals surface area contributed by atoms with Crippen molar-refractivity contribution in [1.82, 2.24) is 9.78 Å². The van der Waals surface area contributed by atoms with E-state index in [9.17, 15) is 9.59 Å². The molecule has 0 aliphatic heterocycles. The first-order valence-electron chi connectivity index (χ1n) is 9.17. The largest absolute Gasteiger partial charge is 0.463 e. The third-order valence-electron chi connectivity index (χ3n) is 4.51. The van der Waals surface area contributed by atoms with E-state index in [0.29, 0.717) is 11.4 Å². The molecule has 1 atom stereocenters. The van der Waals surface area contributed by atoms with Gasteiger partial charge in [0.2, 0.25) is 5.88 Å². The molecule has 6 nitrogen and oxygen atoms in total. The topological polar surface area (TPSA) is 73.2 Å². The Kier molecular flexibility index (Phi) is 6.39. The lowest BCUT2D eigenvalue weighted by Gasteiger charge is -2.15. The number of ether oxygens (including phenoxy) is 1. The van der Waals surface area contributed by atoms with Gasteiger partial charge in [0, 0.05) is 22.7 Å². The van der Waals surface area contributed by atoms with E-state index in [0.717, 1.165) is 16.0 Å². The number of carbonyl (C=O) groups excluding carboxylic acids is 1. The van der Waals surface area contributed by atoms with E-state index in [1.165, 1.54) is 16.8 Å². The molecule has 0 saturated carbocycles. The zero-order valence-electron chi connectivity index (χ0n) is 16.8. The average molecular weight is 410 g/mol. The Morgan fingerprint density at radius 2 is 1.90 bits per heavy atom. The van der Waals surface area contributed by atoms with Gasteiger partial charge in [0.1, 0.15) is 0 Å². The molecule has 0 saturated heterocycles. The first-order chi connectivity index (χ1) is 13.9. The van der Waals surface area contributed by atoms with Gasteiger partial charge in [-0.05, 0) is 68.5 Å². The van der Waals surface area contributed by atoms with Crippen LogP contribution in [0.25, 0.3) is 5.69 Å². The highest BCUT2D eigenvalue weighted by Gasteiger charge is 2.16. The lowest BCUT2D eigenvalue weighted by atomic mass is 10.1. The summed E-state index contributed by atoms with van der Waals surface area (Å²) in [6, 6.07) is 16.1. The first-order valence-corrected chi connectivity index (χ1v) is 10.4. The van der Waals surface area contributed by atoms with Crippen LogP contribution >= 0.6 is 11.8 Å². The lowest BCUT2D eigenvalue weighted by Crippen LogP contribution is -2.31. The van der Waals surface area contributed by atoms with Gasteiger partial charge in [-0.1, -0.05) is 12.1 Å². The minimum Gasteiger partial charge on any atom is -0.463 e. The van der Waals surface area contributed by atoms with E-state index in [1.54, 1.807) is 18.7 Å². The van der Waals surface area contributed by atoms with Gasteiger partial charge >= 0.3 is 0 Å². The van der Waals surface area contributed by atoms with Gasteiger partial charge in [0.25, 0.3) is 11.5 Å². The van der Waals surface area contributed by atoms with Crippen molar-refractivity contribution in [3.63, 3.8) is 0 Å². The number of rotatable bonds is 6. The van der Waals surface area contributed by atoms with Crippen LogP contribution in [0.1, 0.15) is 18.1 Å². The van der Waals surface area contributed by atoms with E-state index in [4.69, 9.17) is 4.74 Å². The van der Waals surface area contributed by atoms with Crippen molar-refractivity contribution in [2.75, 3.05) is 11.6 Å². The SMILES string of the molecule is CSc1cccc(NC(=O)C(C)Oc2ccc(=O)n(-c3ccc(C)c(C)c3)n2)c1. The number of anilines is 1. The van der Waals surface area contributed by atoms with Gasteiger partial charge in [-0.15, -0.1) is 16.9 Å². The summed E-state index contributed by atoms with van der Waals surface area (Å²) in [5.41, 5.74) is 3.26. The molecule has 0 spiro atoms. The maximum absolute atomic E-state index is 12.5. The number of aromatic nitrogens is 2. The summed E-state index contributed by atoms with van der Waals surface area (Å²) in [4.78, 5) is 25.8. The maximum atomic E-state index is 12.5. The van der Waals surface area contributed by atoms with Crippen molar-refractivity contribution in [2.24, 2.45) is 0 Å². The van der Waals surface area contributed by atoms with Crippen LogP contribution < -0.4 is 15.6 Å². The highest BCUT2D eigenvalue weighted by molar-refractivity contribution is 7.98. The van der Waals surface area contributed by atoms with Gasteiger partial charge in [-0.3, -0.25) is 9.59 Å². The molecular weight excluding hydrogens is 386 g/mol. The maximum Gasteiger partial charge on any atom is 0.271 e. The molecular formula is C22H23N3O3S. The molecule has 1 amide bonds. The molecule has 3 rings (SSSR count). The molecule has 1 aromatic heterocycles. The second-order valence-electron chi connectivity index (χ2n) is 6.67. The molecule has 3 aromatic rings.